The average Bonchev–Trinajstić information content (AvgIpc) is 2.34. The van der Waals surface area contributed by atoms with Crippen LogP contribution in [0.2, 0.25) is 0 Å². The summed E-state index contributed by atoms with van der Waals surface area (Å²) in [5, 5.41) is 1.67. The van der Waals surface area contributed by atoms with Crippen LogP contribution in [-0.2, 0) is 10.9 Å². The maximum atomic E-state index is 12.5. The van der Waals surface area contributed by atoms with Crippen molar-refractivity contribution in [2.45, 2.75) is 19.3 Å². The molecule has 0 radical (unpaired) electrons. The molecule has 0 spiro atoms. The molecule has 0 saturated heterocycles. The molecule has 1 aromatic rings. The van der Waals surface area contributed by atoms with E-state index >= 15 is 0 Å². The number of carbonyl (C=O) groups excluding carboxylic acids is 1. The first-order valence-corrected chi connectivity index (χ1v) is 5.60. The quantitative estimate of drug-likeness (QED) is 0.684. The first-order chi connectivity index (χ1) is 9.54. The summed E-state index contributed by atoms with van der Waals surface area (Å²) in [5.41, 5.74) is -1.92. The fraction of sp³-hybridized carbons (Fsp3) is 0.455. The van der Waals surface area contributed by atoms with Crippen molar-refractivity contribution in [2.75, 3.05) is 18.5 Å². The van der Waals surface area contributed by atoms with Crippen molar-refractivity contribution in [3.8, 4) is 0 Å². The van der Waals surface area contributed by atoms with Crippen molar-refractivity contribution in [3.05, 3.63) is 23.4 Å². The van der Waals surface area contributed by atoms with E-state index in [1.807, 2.05) is 0 Å². The fourth-order valence-corrected chi connectivity index (χ4v) is 1.31. The minimum absolute atomic E-state index is 0.0848. The second-order valence-electron chi connectivity index (χ2n) is 3.78. The molecular weight excluding hydrogens is 306 g/mol. The second-order valence-corrected chi connectivity index (χ2v) is 3.78. The molecular formula is C11H10F6N2O2. The van der Waals surface area contributed by atoms with Crippen LogP contribution in [0.1, 0.15) is 23.0 Å². The van der Waals surface area contributed by atoms with Crippen molar-refractivity contribution in [3.63, 3.8) is 0 Å². The molecule has 10 heteroatoms. The molecule has 0 aromatic carbocycles. The topological polar surface area (TPSA) is 51.2 Å². The summed E-state index contributed by atoms with van der Waals surface area (Å²) in [5.74, 6) is -1.90. The van der Waals surface area contributed by atoms with Crippen LogP contribution in [-0.4, -0.2) is 30.3 Å². The van der Waals surface area contributed by atoms with Gasteiger partial charge in [0.2, 0.25) is 0 Å². The predicted octanol–water partition coefficient (Wildman–Crippen LogP) is 3.25. The van der Waals surface area contributed by atoms with Gasteiger partial charge in [-0.15, -0.1) is 0 Å². The second kappa shape index (κ2) is 6.19. The van der Waals surface area contributed by atoms with Gasteiger partial charge in [0.1, 0.15) is 23.6 Å². The van der Waals surface area contributed by atoms with Crippen molar-refractivity contribution in [1.82, 2.24) is 4.98 Å². The van der Waals surface area contributed by atoms with E-state index in [0.717, 1.165) is 0 Å². The van der Waals surface area contributed by atoms with Crippen LogP contribution in [0.15, 0.2) is 12.1 Å². The number of esters is 1. The number of alkyl halides is 6. The Bertz CT molecular complexity index is 512. The number of hydrogen-bond acceptors (Lipinski definition) is 4. The lowest BCUT2D eigenvalue weighted by atomic mass is 10.2. The van der Waals surface area contributed by atoms with Crippen LogP contribution < -0.4 is 5.32 Å². The summed E-state index contributed by atoms with van der Waals surface area (Å²) in [6.07, 6.45) is -9.52. The third-order valence-corrected chi connectivity index (χ3v) is 2.14. The van der Waals surface area contributed by atoms with E-state index in [-0.39, 0.29) is 6.61 Å². The standard InChI is InChI=1S/C11H10F6N2O2/c1-2-21-9(20)6-3-4-7(11(15,16)17)19-8(6)18-5-10(12,13)14/h3-4H,2,5H2,1H3,(H,18,19). The monoisotopic (exact) mass is 316 g/mol. The SMILES string of the molecule is CCOC(=O)c1ccc(C(F)(F)F)nc1NCC(F)(F)F. The highest BCUT2D eigenvalue weighted by Crippen LogP contribution is 2.30. The third kappa shape index (κ3) is 5.12. The summed E-state index contributed by atoms with van der Waals surface area (Å²) >= 11 is 0. The van der Waals surface area contributed by atoms with Gasteiger partial charge in [0, 0.05) is 0 Å². The zero-order chi connectivity index (χ0) is 16.3. The Morgan fingerprint density at radius 2 is 1.86 bits per heavy atom. The van der Waals surface area contributed by atoms with Gasteiger partial charge >= 0.3 is 18.3 Å². The summed E-state index contributed by atoms with van der Waals surface area (Å²) in [6, 6.07) is 1.21. The number of nitrogens with zero attached hydrogens (tertiary/aromatic N) is 1. The zero-order valence-electron chi connectivity index (χ0n) is 10.6. The summed E-state index contributed by atoms with van der Waals surface area (Å²) < 4.78 is 78.4. The molecule has 0 atom stereocenters. The maximum Gasteiger partial charge on any atom is 0.433 e. The highest BCUT2D eigenvalue weighted by Gasteiger charge is 2.34. The van der Waals surface area contributed by atoms with Gasteiger partial charge in [0.05, 0.1) is 6.61 Å². The summed E-state index contributed by atoms with van der Waals surface area (Å²) in [4.78, 5) is 14.5. The number of halogens is 6. The Labute approximate surface area is 115 Å². The third-order valence-electron chi connectivity index (χ3n) is 2.14. The summed E-state index contributed by atoms with van der Waals surface area (Å²) in [6.45, 7) is -0.273. The van der Waals surface area contributed by atoms with E-state index in [1.165, 1.54) is 6.92 Å². The number of rotatable bonds is 4. The van der Waals surface area contributed by atoms with Crippen LogP contribution in [0.25, 0.3) is 0 Å². The molecule has 0 aliphatic carbocycles. The summed E-state index contributed by atoms with van der Waals surface area (Å²) in [7, 11) is 0. The van der Waals surface area contributed by atoms with Crippen LogP contribution in [0.3, 0.4) is 0 Å². The molecule has 1 heterocycles. The Morgan fingerprint density at radius 3 is 2.33 bits per heavy atom. The normalized spacial score (nSPS) is 12.1. The van der Waals surface area contributed by atoms with Crippen molar-refractivity contribution < 1.29 is 35.9 Å². The van der Waals surface area contributed by atoms with E-state index in [4.69, 9.17) is 0 Å². The molecule has 1 aromatic heterocycles. The highest BCUT2D eigenvalue weighted by molar-refractivity contribution is 5.94. The van der Waals surface area contributed by atoms with Gasteiger partial charge in [-0.3, -0.25) is 0 Å². The number of carbonyl (C=O) groups is 1. The molecule has 118 valence electrons. The van der Waals surface area contributed by atoms with Crippen LogP contribution in [0.4, 0.5) is 32.2 Å². The van der Waals surface area contributed by atoms with Gasteiger partial charge in [-0.1, -0.05) is 0 Å². The Hall–Kier alpha value is -2.00. The Morgan fingerprint density at radius 1 is 1.24 bits per heavy atom. The minimum Gasteiger partial charge on any atom is -0.462 e. The minimum atomic E-state index is -4.85. The average molecular weight is 316 g/mol. The van der Waals surface area contributed by atoms with Gasteiger partial charge < -0.3 is 10.1 Å². The molecule has 0 aliphatic heterocycles. The van der Waals surface area contributed by atoms with Crippen LogP contribution in [0, 0.1) is 0 Å². The van der Waals surface area contributed by atoms with E-state index in [0.29, 0.717) is 12.1 Å². The van der Waals surface area contributed by atoms with Crippen LogP contribution >= 0.6 is 0 Å². The molecule has 0 saturated carbocycles. The van der Waals surface area contributed by atoms with Gasteiger partial charge in [-0.2, -0.15) is 26.3 Å². The largest absolute Gasteiger partial charge is 0.462 e. The fourth-order valence-electron chi connectivity index (χ4n) is 1.31. The zero-order valence-corrected chi connectivity index (χ0v) is 10.6. The number of anilines is 1. The number of ether oxygens (including phenoxy) is 1. The van der Waals surface area contributed by atoms with Crippen LogP contribution in [0.5, 0.6) is 0 Å². The molecule has 4 nitrogen and oxygen atoms in total. The number of hydrogen-bond donors (Lipinski definition) is 1. The van der Waals surface area contributed by atoms with Gasteiger partial charge in [-0.25, -0.2) is 9.78 Å². The highest BCUT2D eigenvalue weighted by atomic mass is 19.4. The van der Waals surface area contributed by atoms with E-state index in [1.54, 1.807) is 5.32 Å². The molecule has 0 bridgehead atoms. The van der Waals surface area contributed by atoms with Crippen molar-refractivity contribution in [2.24, 2.45) is 0 Å². The lowest BCUT2D eigenvalue weighted by molar-refractivity contribution is -0.141. The lowest BCUT2D eigenvalue weighted by Crippen LogP contribution is -2.24. The number of pyridine rings is 1. The lowest BCUT2D eigenvalue weighted by Gasteiger charge is -2.14. The van der Waals surface area contributed by atoms with E-state index < -0.39 is 41.9 Å². The molecule has 0 aliphatic rings. The number of nitrogens with one attached hydrogen (secondary N) is 1. The first-order valence-electron chi connectivity index (χ1n) is 5.60. The maximum absolute atomic E-state index is 12.5. The molecule has 0 unspecified atom stereocenters. The van der Waals surface area contributed by atoms with E-state index in [2.05, 4.69) is 9.72 Å². The van der Waals surface area contributed by atoms with Gasteiger partial charge in [0.15, 0.2) is 0 Å². The molecule has 0 fully saturated rings. The molecule has 1 N–H and O–H groups in total. The van der Waals surface area contributed by atoms with Crippen molar-refractivity contribution >= 4 is 11.8 Å². The van der Waals surface area contributed by atoms with E-state index in [9.17, 15) is 31.1 Å². The van der Waals surface area contributed by atoms with Gasteiger partial charge in [-0.05, 0) is 19.1 Å². The molecule has 1 rings (SSSR count). The Balaban J connectivity index is 3.15. The Kier molecular flexibility index (Phi) is 5.02. The number of aromatic nitrogens is 1. The first kappa shape index (κ1) is 17.1. The smallest absolute Gasteiger partial charge is 0.433 e. The molecule has 21 heavy (non-hydrogen) atoms. The predicted molar refractivity (Wildman–Crippen MR) is 59.7 cm³/mol. The van der Waals surface area contributed by atoms with Crippen molar-refractivity contribution in [1.29, 1.82) is 0 Å². The molecule has 0 amide bonds. The van der Waals surface area contributed by atoms with Gasteiger partial charge in [0.25, 0.3) is 0 Å².